The number of ether oxygens (including phenoxy) is 4. The third-order valence-electron chi connectivity index (χ3n) is 4.23. The predicted octanol–water partition coefficient (Wildman–Crippen LogP) is 1.36. The fraction of sp³-hybridized carbons (Fsp3) is 0.294. The summed E-state index contributed by atoms with van der Waals surface area (Å²) >= 11 is 0. The summed E-state index contributed by atoms with van der Waals surface area (Å²) in [4.78, 5) is 15.8. The third kappa shape index (κ3) is 2.65. The summed E-state index contributed by atoms with van der Waals surface area (Å²) < 4.78 is 24.1. The van der Waals surface area contributed by atoms with Crippen molar-refractivity contribution >= 4 is 5.82 Å². The van der Waals surface area contributed by atoms with Crippen LogP contribution >= 0.6 is 0 Å². The first-order chi connectivity index (χ1) is 12.1. The molecule has 2 N–H and O–H groups in total. The van der Waals surface area contributed by atoms with Gasteiger partial charge in [0.25, 0.3) is 0 Å². The zero-order chi connectivity index (χ0) is 17.6. The van der Waals surface area contributed by atoms with E-state index >= 15 is 0 Å². The average Bonchev–Trinajstić information content (AvgIpc) is 3.16. The second kappa shape index (κ2) is 5.91. The summed E-state index contributed by atoms with van der Waals surface area (Å²) in [5, 5.41) is 0. The molecule has 0 aliphatic carbocycles. The van der Waals surface area contributed by atoms with Crippen LogP contribution in [0.2, 0.25) is 0 Å². The van der Waals surface area contributed by atoms with Gasteiger partial charge in [-0.1, -0.05) is 18.7 Å². The molecule has 3 heterocycles. The number of aromatic nitrogens is 2. The summed E-state index contributed by atoms with van der Waals surface area (Å²) in [7, 11) is 1.60. The zero-order valence-corrected chi connectivity index (χ0v) is 13.5. The minimum absolute atomic E-state index is 0.148. The van der Waals surface area contributed by atoms with Crippen molar-refractivity contribution in [3.63, 3.8) is 0 Å². The van der Waals surface area contributed by atoms with Gasteiger partial charge in [0.15, 0.2) is 12.4 Å². The Hall–Kier alpha value is -2.84. The Morgan fingerprint density at radius 1 is 1.24 bits per heavy atom. The number of anilines is 1. The van der Waals surface area contributed by atoms with Gasteiger partial charge < -0.3 is 24.7 Å². The highest BCUT2D eigenvalue weighted by molar-refractivity contribution is 5.29. The number of hydrogen-bond acceptors (Lipinski definition) is 7. The van der Waals surface area contributed by atoms with Gasteiger partial charge in [0.05, 0.1) is 7.11 Å². The van der Waals surface area contributed by atoms with Gasteiger partial charge in [0, 0.05) is 11.8 Å². The van der Waals surface area contributed by atoms with Gasteiger partial charge >= 0.3 is 5.69 Å². The Kier molecular flexibility index (Phi) is 3.70. The Bertz CT molecular complexity index is 863. The van der Waals surface area contributed by atoms with Crippen molar-refractivity contribution in [3.05, 3.63) is 64.9 Å². The van der Waals surface area contributed by atoms with Crippen molar-refractivity contribution in [3.8, 4) is 5.75 Å². The molecule has 4 atom stereocenters. The van der Waals surface area contributed by atoms with Gasteiger partial charge in [0.2, 0.25) is 6.23 Å². The summed E-state index contributed by atoms with van der Waals surface area (Å²) in [6, 6.07) is 8.90. The fourth-order valence-electron chi connectivity index (χ4n) is 2.97. The minimum atomic E-state index is -0.707. The van der Waals surface area contributed by atoms with Crippen LogP contribution in [0, 0.1) is 0 Å². The first kappa shape index (κ1) is 15.7. The van der Waals surface area contributed by atoms with Gasteiger partial charge in [-0.3, -0.25) is 4.57 Å². The van der Waals surface area contributed by atoms with Crippen molar-refractivity contribution in [2.24, 2.45) is 0 Å². The quantitative estimate of drug-likeness (QED) is 0.898. The van der Waals surface area contributed by atoms with Crippen LogP contribution in [0.4, 0.5) is 5.82 Å². The zero-order valence-electron chi connectivity index (χ0n) is 13.5. The smallest absolute Gasteiger partial charge is 0.352 e. The van der Waals surface area contributed by atoms with Crippen LogP contribution in [-0.4, -0.2) is 28.9 Å². The first-order valence-electron chi connectivity index (χ1n) is 7.72. The maximum absolute atomic E-state index is 12.1. The van der Waals surface area contributed by atoms with E-state index in [0.717, 1.165) is 11.3 Å². The number of hydrogen-bond donors (Lipinski definition) is 1. The molecule has 2 fully saturated rings. The highest BCUT2D eigenvalue weighted by Gasteiger charge is 2.51. The number of nitrogen functional groups attached to an aromatic ring is 1. The van der Waals surface area contributed by atoms with Crippen LogP contribution in [-0.2, 0) is 14.2 Å². The van der Waals surface area contributed by atoms with Crippen molar-refractivity contribution in [2.75, 3.05) is 12.8 Å². The van der Waals surface area contributed by atoms with Gasteiger partial charge in [-0.25, -0.2) is 4.79 Å². The van der Waals surface area contributed by atoms with E-state index in [9.17, 15) is 4.79 Å². The second-order valence-electron chi connectivity index (χ2n) is 5.78. The van der Waals surface area contributed by atoms with Crippen molar-refractivity contribution in [2.45, 2.75) is 24.7 Å². The van der Waals surface area contributed by atoms with Crippen LogP contribution in [0.25, 0.3) is 0 Å². The topological polar surface area (TPSA) is 97.8 Å². The Morgan fingerprint density at radius 2 is 2.00 bits per heavy atom. The summed E-state index contributed by atoms with van der Waals surface area (Å²) in [6.45, 7) is 3.87. The highest BCUT2D eigenvalue weighted by atomic mass is 16.8. The first-order valence-corrected chi connectivity index (χ1v) is 7.72. The summed E-state index contributed by atoms with van der Waals surface area (Å²) in [5.74, 6) is 1.30. The van der Waals surface area contributed by atoms with E-state index in [1.165, 1.54) is 16.8 Å². The lowest BCUT2D eigenvalue weighted by atomic mass is 10.2. The molecule has 2 aliphatic heterocycles. The Labute approximate surface area is 143 Å². The van der Waals surface area contributed by atoms with E-state index in [1.54, 1.807) is 7.11 Å². The number of fused-ring (bicyclic) bond motifs is 1. The normalized spacial score (nSPS) is 27.8. The Balaban J connectivity index is 1.60. The van der Waals surface area contributed by atoms with E-state index in [4.69, 9.17) is 24.7 Å². The largest absolute Gasteiger partial charge is 0.497 e. The number of nitrogens with two attached hydrogens (primary N) is 1. The molecule has 0 spiro atoms. The van der Waals surface area contributed by atoms with E-state index in [-0.39, 0.29) is 5.82 Å². The lowest BCUT2D eigenvalue weighted by Crippen LogP contribution is -2.34. The van der Waals surface area contributed by atoms with E-state index in [0.29, 0.717) is 5.76 Å². The predicted molar refractivity (Wildman–Crippen MR) is 87.7 cm³/mol. The van der Waals surface area contributed by atoms with Crippen molar-refractivity contribution in [1.82, 2.24) is 9.55 Å². The number of rotatable bonds is 3. The number of methoxy groups -OCH3 is 1. The molecule has 8 nitrogen and oxygen atoms in total. The van der Waals surface area contributed by atoms with E-state index in [1.807, 2.05) is 24.3 Å². The average molecular weight is 343 g/mol. The van der Waals surface area contributed by atoms with Crippen LogP contribution in [0.1, 0.15) is 18.1 Å². The molecule has 1 aromatic heterocycles. The molecule has 2 aliphatic rings. The highest BCUT2D eigenvalue weighted by Crippen LogP contribution is 2.44. The maximum atomic E-state index is 12.1. The second-order valence-corrected chi connectivity index (χ2v) is 5.78. The molecule has 0 unspecified atom stereocenters. The number of benzene rings is 1. The van der Waals surface area contributed by atoms with Crippen LogP contribution < -0.4 is 16.2 Å². The maximum Gasteiger partial charge on any atom is 0.352 e. The Morgan fingerprint density at radius 3 is 2.68 bits per heavy atom. The number of nitrogens with zero attached hydrogens (tertiary/aromatic N) is 2. The molecule has 0 saturated carbocycles. The molecule has 0 bridgehead atoms. The molecule has 4 rings (SSSR count). The van der Waals surface area contributed by atoms with Crippen molar-refractivity contribution < 1.29 is 18.9 Å². The molecule has 2 saturated heterocycles. The molecule has 130 valence electrons. The van der Waals surface area contributed by atoms with Gasteiger partial charge in [-0.15, -0.1) is 0 Å². The van der Waals surface area contributed by atoms with Gasteiger partial charge in [-0.05, 0) is 18.2 Å². The van der Waals surface area contributed by atoms with Gasteiger partial charge in [0.1, 0.15) is 23.4 Å². The molecule has 8 heteroatoms. The lowest BCUT2D eigenvalue weighted by Gasteiger charge is -2.20. The SMILES string of the molecule is C=C1O[C@@H](n2ccc(N)nc2=O)[C@@H]2O[C@H](c3ccc(OC)cc3)O[C@H]12. The molecular weight excluding hydrogens is 326 g/mol. The fourth-order valence-corrected chi connectivity index (χ4v) is 2.97. The van der Waals surface area contributed by atoms with Crippen molar-refractivity contribution in [1.29, 1.82) is 0 Å². The van der Waals surface area contributed by atoms with E-state index in [2.05, 4.69) is 11.6 Å². The monoisotopic (exact) mass is 343 g/mol. The molecule has 25 heavy (non-hydrogen) atoms. The molecular formula is C17H17N3O5. The standard InChI is InChI=1S/C17H17N3O5/c1-9-13-14(15(23-9)20-8-7-12(18)19-17(20)21)25-16(24-13)10-3-5-11(22-2)6-4-10/h3-8,13-16H,1H2,2H3,(H2,18,19,21)/t13-,14-,15-,16-/m1/s1. The van der Waals surface area contributed by atoms with Crippen LogP contribution in [0.3, 0.4) is 0 Å². The van der Waals surface area contributed by atoms with Crippen LogP contribution in [0.5, 0.6) is 5.75 Å². The van der Waals surface area contributed by atoms with Crippen LogP contribution in [0.15, 0.2) is 53.7 Å². The third-order valence-corrected chi connectivity index (χ3v) is 4.23. The molecule has 0 radical (unpaired) electrons. The molecule has 1 aromatic carbocycles. The van der Waals surface area contributed by atoms with E-state index < -0.39 is 30.4 Å². The van der Waals surface area contributed by atoms with Gasteiger partial charge in [-0.2, -0.15) is 4.98 Å². The lowest BCUT2D eigenvalue weighted by molar-refractivity contribution is -0.114. The molecule has 2 aromatic rings. The minimum Gasteiger partial charge on any atom is -0.497 e. The summed E-state index contributed by atoms with van der Waals surface area (Å²) in [5.41, 5.74) is 5.85. The summed E-state index contributed by atoms with van der Waals surface area (Å²) in [6.07, 6.45) is -0.748. The molecule has 0 amide bonds.